The Morgan fingerprint density at radius 2 is 1.96 bits per heavy atom. The second kappa shape index (κ2) is 8.48. The molecular weight excluding hydrogens is 332 g/mol. The number of rotatable bonds is 6. The van der Waals surface area contributed by atoms with Gasteiger partial charge >= 0.3 is 0 Å². The van der Waals surface area contributed by atoms with Crippen molar-refractivity contribution in [2.24, 2.45) is 0 Å². The highest BCUT2D eigenvalue weighted by molar-refractivity contribution is 7.80. The fourth-order valence-electron chi connectivity index (χ4n) is 3.52. The van der Waals surface area contributed by atoms with Gasteiger partial charge in [0.15, 0.2) is 0 Å². The minimum Gasteiger partial charge on any atom is -0.410 e. The van der Waals surface area contributed by atoms with Gasteiger partial charge in [0.2, 0.25) is 0 Å². The van der Waals surface area contributed by atoms with E-state index in [2.05, 4.69) is 11.9 Å². The number of hydrogen-bond acceptors (Lipinski definition) is 3. The summed E-state index contributed by atoms with van der Waals surface area (Å²) in [6, 6.07) is 11.7. The smallest absolute Gasteiger partial charge is 0.283 e. The minimum absolute atomic E-state index is 0.138. The third-order valence-electron chi connectivity index (χ3n) is 5.03. The molecule has 134 valence electrons. The van der Waals surface area contributed by atoms with Crippen molar-refractivity contribution in [2.45, 2.75) is 51.0 Å². The van der Waals surface area contributed by atoms with Gasteiger partial charge in [0.1, 0.15) is 6.61 Å². The monoisotopic (exact) mass is 358 g/mol. The zero-order chi connectivity index (χ0) is 17.6. The van der Waals surface area contributed by atoms with E-state index < -0.39 is 0 Å². The molecule has 1 aromatic heterocycles. The predicted molar refractivity (Wildman–Crippen MR) is 106 cm³/mol. The van der Waals surface area contributed by atoms with Gasteiger partial charge in [-0.15, -0.1) is 4.73 Å². The minimum atomic E-state index is -0.138. The Bertz CT molecular complexity index is 781. The van der Waals surface area contributed by atoms with Crippen molar-refractivity contribution in [1.82, 2.24) is 9.63 Å². The Hall–Kier alpha value is -1.88. The zero-order valence-corrected chi connectivity index (χ0v) is 15.6. The number of aromatic nitrogens is 1. The van der Waals surface area contributed by atoms with Gasteiger partial charge in [-0.1, -0.05) is 49.7 Å². The van der Waals surface area contributed by atoms with Crippen molar-refractivity contribution in [3.05, 3.63) is 46.8 Å². The Morgan fingerprint density at radius 3 is 2.76 bits per heavy atom. The summed E-state index contributed by atoms with van der Waals surface area (Å²) >= 11 is 5.59. The molecule has 0 N–H and O–H groups in total. The molecule has 3 rings (SSSR count). The van der Waals surface area contributed by atoms with E-state index in [0.717, 1.165) is 28.7 Å². The van der Waals surface area contributed by atoms with Crippen molar-refractivity contribution in [1.29, 1.82) is 0 Å². The maximum Gasteiger partial charge on any atom is 0.283 e. The van der Waals surface area contributed by atoms with Crippen LogP contribution in [0.5, 0.6) is 0 Å². The van der Waals surface area contributed by atoms with Crippen LogP contribution < -0.4 is 10.4 Å². The van der Waals surface area contributed by atoms with Crippen molar-refractivity contribution >= 4 is 28.1 Å². The Balaban J connectivity index is 1.52. The molecule has 4 nitrogen and oxygen atoms in total. The molecule has 0 aliphatic heterocycles. The molecule has 0 spiro atoms. The molecule has 5 heteroatoms. The van der Waals surface area contributed by atoms with E-state index in [4.69, 9.17) is 17.1 Å². The lowest BCUT2D eigenvalue weighted by Crippen LogP contribution is -2.37. The molecule has 0 radical (unpaired) electrons. The van der Waals surface area contributed by atoms with Gasteiger partial charge in [-0.05, 0) is 31.4 Å². The van der Waals surface area contributed by atoms with Crippen LogP contribution in [0.15, 0.2) is 41.2 Å². The third kappa shape index (κ3) is 4.40. The molecule has 25 heavy (non-hydrogen) atoms. The number of benzene rings is 1. The van der Waals surface area contributed by atoms with Gasteiger partial charge in [-0.2, -0.15) is 0 Å². The average molecular weight is 359 g/mol. The summed E-state index contributed by atoms with van der Waals surface area (Å²) in [6.07, 6.45) is 8.10. The second-order valence-electron chi connectivity index (χ2n) is 6.76. The van der Waals surface area contributed by atoms with Crippen LogP contribution in [0.4, 0.5) is 0 Å². The molecule has 2 aromatic rings. The lowest BCUT2D eigenvalue weighted by atomic mass is 9.94. The predicted octanol–water partition coefficient (Wildman–Crippen LogP) is 3.80. The highest BCUT2D eigenvalue weighted by atomic mass is 32.1. The standard InChI is InChI=1S/C20H26N2O2S/c1-21(17-9-3-2-4-10-17)20(25)12-7-15-24-22-18-11-6-5-8-16(18)13-14-19(22)23/h5-6,8,11,13-14,17H,2-4,7,9-10,12,15H2,1H3. The van der Waals surface area contributed by atoms with Gasteiger partial charge in [0.25, 0.3) is 5.56 Å². The molecule has 0 unspecified atom stereocenters. The van der Waals surface area contributed by atoms with Gasteiger partial charge in [-0.3, -0.25) is 4.79 Å². The number of pyridine rings is 1. The number of thiocarbonyl (C=S) groups is 1. The van der Waals surface area contributed by atoms with E-state index in [1.807, 2.05) is 30.3 Å². The van der Waals surface area contributed by atoms with Crippen LogP contribution in [0.25, 0.3) is 10.9 Å². The van der Waals surface area contributed by atoms with Crippen LogP contribution in [-0.4, -0.2) is 34.3 Å². The Morgan fingerprint density at radius 1 is 1.20 bits per heavy atom. The quantitative estimate of drug-likeness (QED) is 0.581. The van der Waals surface area contributed by atoms with Crippen LogP contribution in [-0.2, 0) is 0 Å². The summed E-state index contributed by atoms with van der Waals surface area (Å²) in [4.78, 5) is 21.1. The van der Waals surface area contributed by atoms with E-state index in [1.54, 1.807) is 6.07 Å². The molecule has 0 saturated heterocycles. The van der Waals surface area contributed by atoms with Crippen molar-refractivity contribution in [2.75, 3.05) is 13.7 Å². The fourth-order valence-corrected chi connectivity index (χ4v) is 3.82. The molecular formula is C20H26N2O2S. The zero-order valence-electron chi connectivity index (χ0n) is 14.8. The molecule has 1 aromatic carbocycles. The Kier molecular flexibility index (Phi) is 6.08. The first-order valence-corrected chi connectivity index (χ1v) is 9.57. The second-order valence-corrected chi connectivity index (χ2v) is 7.23. The van der Waals surface area contributed by atoms with E-state index in [9.17, 15) is 4.79 Å². The molecule has 0 atom stereocenters. The van der Waals surface area contributed by atoms with Gasteiger partial charge in [-0.25, -0.2) is 0 Å². The number of fused-ring (bicyclic) bond motifs is 1. The molecule has 1 aliphatic rings. The Labute approximate surface area is 154 Å². The van der Waals surface area contributed by atoms with Gasteiger partial charge in [0.05, 0.1) is 10.5 Å². The van der Waals surface area contributed by atoms with Crippen LogP contribution in [0.1, 0.15) is 44.9 Å². The normalized spacial score (nSPS) is 15.2. The lowest BCUT2D eigenvalue weighted by molar-refractivity contribution is 0.110. The van der Waals surface area contributed by atoms with E-state index in [0.29, 0.717) is 12.6 Å². The highest BCUT2D eigenvalue weighted by Gasteiger charge is 2.19. The summed E-state index contributed by atoms with van der Waals surface area (Å²) in [5.41, 5.74) is 0.664. The highest BCUT2D eigenvalue weighted by Crippen LogP contribution is 2.22. The number of hydrogen-bond donors (Lipinski definition) is 0. The molecule has 1 aliphatic carbocycles. The fraction of sp³-hybridized carbons (Fsp3) is 0.500. The first kappa shape index (κ1) is 17.9. The number of para-hydroxylation sites is 1. The summed E-state index contributed by atoms with van der Waals surface area (Å²) in [5, 5.41) is 0.995. The maximum absolute atomic E-state index is 12.1. The first-order chi connectivity index (χ1) is 12.2. The van der Waals surface area contributed by atoms with Crippen LogP contribution in [0, 0.1) is 0 Å². The lowest BCUT2D eigenvalue weighted by Gasteiger charge is -2.33. The van der Waals surface area contributed by atoms with Crippen molar-refractivity contribution in [3.63, 3.8) is 0 Å². The van der Waals surface area contributed by atoms with Crippen LogP contribution in [0.2, 0.25) is 0 Å². The van der Waals surface area contributed by atoms with Crippen molar-refractivity contribution < 1.29 is 4.84 Å². The van der Waals surface area contributed by atoms with Crippen molar-refractivity contribution in [3.8, 4) is 0 Å². The molecule has 1 heterocycles. The topological polar surface area (TPSA) is 34.5 Å². The molecule has 0 bridgehead atoms. The molecule has 1 fully saturated rings. The summed E-state index contributed by atoms with van der Waals surface area (Å²) in [5.74, 6) is 0. The van der Waals surface area contributed by atoms with E-state index in [1.165, 1.54) is 36.8 Å². The first-order valence-electron chi connectivity index (χ1n) is 9.16. The summed E-state index contributed by atoms with van der Waals surface area (Å²) in [6.45, 7) is 0.479. The van der Waals surface area contributed by atoms with E-state index in [-0.39, 0.29) is 5.56 Å². The average Bonchev–Trinajstić information content (AvgIpc) is 2.66. The maximum atomic E-state index is 12.1. The summed E-state index contributed by atoms with van der Waals surface area (Å²) in [7, 11) is 2.12. The molecule has 0 amide bonds. The van der Waals surface area contributed by atoms with Gasteiger partial charge < -0.3 is 9.74 Å². The van der Waals surface area contributed by atoms with E-state index >= 15 is 0 Å². The number of nitrogens with zero attached hydrogens (tertiary/aromatic N) is 2. The van der Waals surface area contributed by atoms with Crippen LogP contribution in [0.3, 0.4) is 0 Å². The SMILES string of the molecule is CN(C(=S)CCCOn1c(=O)ccc2ccccc21)C1CCCCC1. The van der Waals surface area contributed by atoms with Crippen LogP contribution >= 0.6 is 12.2 Å². The van der Waals surface area contributed by atoms with Gasteiger partial charge in [0, 0.05) is 31.0 Å². The summed E-state index contributed by atoms with van der Waals surface area (Å²) < 4.78 is 1.39. The third-order valence-corrected chi connectivity index (χ3v) is 5.52. The largest absolute Gasteiger partial charge is 0.410 e. The molecule has 1 saturated carbocycles.